The maximum absolute atomic E-state index is 12.1. The van der Waals surface area contributed by atoms with Gasteiger partial charge in [-0.3, -0.25) is 4.79 Å². The molecule has 2 aromatic rings. The molecular formula is C21H25N3O. The fraction of sp³-hybridized carbons (Fsp3) is 0.333. The quantitative estimate of drug-likeness (QED) is 0.492. The van der Waals surface area contributed by atoms with E-state index in [0.717, 1.165) is 11.3 Å². The highest BCUT2D eigenvalue weighted by atomic mass is 16.2. The minimum absolute atomic E-state index is 0.238. The van der Waals surface area contributed by atoms with Crippen molar-refractivity contribution in [2.24, 2.45) is 5.10 Å². The van der Waals surface area contributed by atoms with Crippen molar-refractivity contribution in [2.45, 2.75) is 44.9 Å². The first kappa shape index (κ1) is 17.2. The fourth-order valence-electron chi connectivity index (χ4n) is 3.33. The van der Waals surface area contributed by atoms with E-state index in [1.54, 1.807) is 24.3 Å². The van der Waals surface area contributed by atoms with E-state index in [-0.39, 0.29) is 5.91 Å². The Hall–Kier alpha value is -2.62. The second-order valence-electron chi connectivity index (χ2n) is 6.72. The molecule has 1 fully saturated rings. The van der Waals surface area contributed by atoms with Crippen molar-refractivity contribution in [3.8, 4) is 0 Å². The largest absolute Gasteiger partial charge is 0.399 e. The molecule has 2 aromatic carbocycles. The number of amides is 1. The molecule has 3 rings (SSSR count). The summed E-state index contributed by atoms with van der Waals surface area (Å²) in [4.78, 5) is 12.1. The Balaban J connectivity index is 1.63. The molecule has 3 N–H and O–H groups in total. The van der Waals surface area contributed by atoms with Gasteiger partial charge in [0, 0.05) is 11.3 Å². The molecule has 1 aliphatic carbocycles. The number of hydrogen-bond donors (Lipinski definition) is 2. The first-order valence-electron chi connectivity index (χ1n) is 8.94. The van der Waals surface area contributed by atoms with Crippen LogP contribution in [0, 0.1) is 0 Å². The molecule has 130 valence electrons. The molecule has 0 atom stereocenters. The van der Waals surface area contributed by atoms with E-state index in [9.17, 15) is 4.79 Å². The van der Waals surface area contributed by atoms with Gasteiger partial charge in [0.1, 0.15) is 0 Å². The predicted octanol–water partition coefficient (Wildman–Crippen LogP) is 4.47. The van der Waals surface area contributed by atoms with Crippen LogP contribution in [0.1, 0.15) is 66.4 Å². The van der Waals surface area contributed by atoms with Crippen LogP contribution in [0.4, 0.5) is 5.69 Å². The molecule has 1 aliphatic rings. The molecule has 0 aliphatic heterocycles. The topological polar surface area (TPSA) is 67.5 Å². The fourth-order valence-corrected chi connectivity index (χ4v) is 3.33. The summed E-state index contributed by atoms with van der Waals surface area (Å²) in [6.07, 6.45) is 6.64. The van der Waals surface area contributed by atoms with E-state index < -0.39 is 0 Å². The molecule has 4 nitrogen and oxygen atoms in total. The van der Waals surface area contributed by atoms with Crippen molar-refractivity contribution in [3.05, 3.63) is 65.2 Å². The van der Waals surface area contributed by atoms with Crippen molar-refractivity contribution in [1.82, 2.24) is 5.43 Å². The van der Waals surface area contributed by atoms with E-state index in [1.807, 2.05) is 6.92 Å². The summed E-state index contributed by atoms with van der Waals surface area (Å²) in [7, 11) is 0. The lowest BCUT2D eigenvalue weighted by Gasteiger charge is -2.22. The van der Waals surface area contributed by atoms with Crippen LogP contribution >= 0.6 is 0 Å². The Morgan fingerprint density at radius 2 is 1.56 bits per heavy atom. The molecule has 0 saturated heterocycles. The van der Waals surface area contributed by atoms with Crippen LogP contribution in [0.15, 0.2) is 53.6 Å². The zero-order chi connectivity index (χ0) is 17.6. The molecule has 0 radical (unpaired) electrons. The molecule has 1 amide bonds. The van der Waals surface area contributed by atoms with Crippen molar-refractivity contribution >= 4 is 17.3 Å². The maximum atomic E-state index is 12.1. The number of nitrogen functional groups attached to an aromatic ring is 1. The van der Waals surface area contributed by atoms with Crippen LogP contribution in [0.2, 0.25) is 0 Å². The minimum atomic E-state index is -0.238. The number of carbonyl (C=O) groups excluding carboxylic acids is 1. The number of nitrogens with two attached hydrogens (primary N) is 1. The maximum Gasteiger partial charge on any atom is 0.271 e. The van der Waals surface area contributed by atoms with E-state index in [4.69, 9.17) is 5.73 Å². The van der Waals surface area contributed by atoms with Gasteiger partial charge in [-0.15, -0.1) is 0 Å². The van der Waals surface area contributed by atoms with Gasteiger partial charge in [0.15, 0.2) is 0 Å². The number of hydrazone groups is 1. The molecule has 0 aromatic heterocycles. The molecule has 0 spiro atoms. The van der Waals surface area contributed by atoms with Crippen molar-refractivity contribution in [1.29, 1.82) is 0 Å². The Morgan fingerprint density at radius 1 is 0.960 bits per heavy atom. The van der Waals surface area contributed by atoms with Crippen LogP contribution in [0.25, 0.3) is 0 Å². The third kappa shape index (κ3) is 4.47. The molecule has 1 saturated carbocycles. The lowest BCUT2D eigenvalue weighted by Crippen LogP contribution is -2.19. The van der Waals surface area contributed by atoms with Gasteiger partial charge in [-0.2, -0.15) is 5.10 Å². The monoisotopic (exact) mass is 335 g/mol. The standard InChI is InChI=1S/C21H25N3O/c1-15(23-24-21(25)19-11-13-20(22)14-12-19)16-7-9-18(10-8-16)17-5-3-2-4-6-17/h7-14,17H,2-6,22H2,1H3,(H,24,25)/b23-15-. The van der Waals surface area contributed by atoms with Gasteiger partial charge in [-0.25, -0.2) is 5.43 Å². The number of nitrogens with zero attached hydrogens (tertiary/aromatic N) is 1. The molecule has 0 bridgehead atoms. The van der Waals surface area contributed by atoms with Gasteiger partial charge in [0.25, 0.3) is 5.91 Å². The molecular weight excluding hydrogens is 310 g/mol. The molecule has 0 unspecified atom stereocenters. The van der Waals surface area contributed by atoms with Gasteiger partial charge >= 0.3 is 0 Å². The highest BCUT2D eigenvalue weighted by Gasteiger charge is 2.15. The summed E-state index contributed by atoms with van der Waals surface area (Å²) in [6.45, 7) is 1.90. The summed E-state index contributed by atoms with van der Waals surface area (Å²) < 4.78 is 0. The predicted molar refractivity (Wildman–Crippen MR) is 103 cm³/mol. The first-order chi connectivity index (χ1) is 12.1. The van der Waals surface area contributed by atoms with Crippen LogP contribution < -0.4 is 11.2 Å². The summed E-state index contributed by atoms with van der Waals surface area (Å²) in [5.41, 5.74) is 12.6. The SMILES string of the molecule is C/C(=N/NC(=O)c1ccc(N)cc1)c1ccc(C2CCCCC2)cc1. The summed E-state index contributed by atoms with van der Waals surface area (Å²) in [5.74, 6) is 0.462. The van der Waals surface area contributed by atoms with Gasteiger partial charge in [-0.1, -0.05) is 43.5 Å². The number of hydrogen-bond acceptors (Lipinski definition) is 3. The number of benzene rings is 2. The second kappa shape index (κ2) is 7.97. The van der Waals surface area contributed by atoms with Crippen LogP contribution in [-0.4, -0.2) is 11.6 Å². The first-order valence-corrected chi connectivity index (χ1v) is 8.94. The van der Waals surface area contributed by atoms with Gasteiger partial charge in [0.05, 0.1) is 5.71 Å². The Labute approximate surface area is 149 Å². The zero-order valence-corrected chi connectivity index (χ0v) is 14.7. The number of carbonyl (C=O) groups is 1. The van der Waals surface area contributed by atoms with Gasteiger partial charge in [0.2, 0.25) is 0 Å². The number of nitrogens with one attached hydrogen (secondary N) is 1. The number of anilines is 1. The van der Waals surface area contributed by atoms with Gasteiger partial charge in [-0.05, 0) is 61.1 Å². The van der Waals surface area contributed by atoms with E-state index in [0.29, 0.717) is 17.2 Å². The average molecular weight is 335 g/mol. The molecule has 4 heteroatoms. The summed E-state index contributed by atoms with van der Waals surface area (Å²) in [5, 5.41) is 4.22. The lowest BCUT2D eigenvalue weighted by molar-refractivity contribution is 0.0955. The zero-order valence-electron chi connectivity index (χ0n) is 14.7. The smallest absolute Gasteiger partial charge is 0.271 e. The van der Waals surface area contributed by atoms with Crippen LogP contribution in [0.5, 0.6) is 0 Å². The minimum Gasteiger partial charge on any atom is -0.399 e. The highest BCUT2D eigenvalue weighted by Crippen LogP contribution is 2.32. The van der Waals surface area contributed by atoms with Crippen molar-refractivity contribution < 1.29 is 4.79 Å². The summed E-state index contributed by atoms with van der Waals surface area (Å²) in [6, 6.07) is 15.4. The van der Waals surface area contributed by atoms with Crippen molar-refractivity contribution in [2.75, 3.05) is 5.73 Å². The Kier molecular flexibility index (Phi) is 5.49. The highest BCUT2D eigenvalue weighted by molar-refractivity contribution is 6.00. The van der Waals surface area contributed by atoms with E-state index in [2.05, 4.69) is 34.8 Å². The van der Waals surface area contributed by atoms with Gasteiger partial charge < -0.3 is 5.73 Å². The Bertz CT molecular complexity index is 742. The normalized spacial score (nSPS) is 15.8. The molecule has 0 heterocycles. The lowest BCUT2D eigenvalue weighted by atomic mass is 9.84. The van der Waals surface area contributed by atoms with Crippen molar-refractivity contribution in [3.63, 3.8) is 0 Å². The summed E-state index contributed by atoms with van der Waals surface area (Å²) >= 11 is 0. The van der Waals surface area contributed by atoms with Crippen LogP contribution in [-0.2, 0) is 0 Å². The van der Waals surface area contributed by atoms with Crippen LogP contribution in [0.3, 0.4) is 0 Å². The Morgan fingerprint density at radius 3 is 2.20 bits per heavy atom. The third-order valence-electron chi connectivity index (χ3n) is 4.90. The third-order valence-corrected chi connectivity index (χ3v) is 4.90. The van der Waals surface area contributed by atoms with E-state index in [1.165, 1.54) is 37.7 Å². The number of rotatable bonds is 4. The van der Waals surface area contributed by atoms with E-state index >= 15 is 0 Å². The average Bonchev–Trinajstić information content (AvgIpc) is 2.67. The second-order valence-corrected chi connectivity index (χ2v) is 6.72. The molecule has 25 heavy (non-hydrogen) atoms.